The number of fused-ring (bicyclic) bond motifs is 1. The summed E-state index contributed by atoms with van der Waals surface area (Å²) >= 11 is 3.55. The highest BCUT2D eigenvalue weighted by molar-refractivity contribution is 9.10. The molecule has 0 spiro atoms. The van der Waals surface area contributed by atoms with Crippen molar-refractivity contribution in [3.8, 4) is 22.8 Å². The van der Waals surface area contributed by atoms with Gasteiger partial charge in [0.2, 0.25) is 0 Å². The molecule has 5 rings (SSSR count). The van der Waals surface area contributed by atoms with Gasteiger partial charge in [-0.2, -0.15) is 9.61 Å². The zero-order chi connectivity index (χ0) is 27.5. The summed E-state index contributed by atoms with van der Waals surface area (Å²) in [6.07, 6.45) is 5.06. The minimum Gasteiger partial charge on any atom is -0.507 e. The second-order valence-corrected chi connectivity index (χ2v) is 9.88. The van der Waals surface area contributed by atoms with Crippen LogP contribution >= 0.6 is 15.9 Å². The highest BCUT2D eigenvalue weighted by Crippen LogP contribution is 2.31. The Bertz CT molecular complexity index is 1280. The number of anilines is 1. The average molecular weight is 583 g/mol. The number of hydrogen-bond acceptors (Lipinski definition) is 6. The van der Waals surface area contributed by atoms with Gasteiger partial charge in [-0.15, -0.1) is 0 Å². The SMILES string of the molecule is CC.CCC.COc1cccc(CN2CCC(Nc3cc(-c4ccccc4O)nc4c(Br)cnn34)CC2)c1. The Balaban J connectivity index is 0.000000748. The molecule has 1 saturated heterocycles. The third-order valence-corrected chi connectivity index (χ3v) is 6.65. The molecule has 3 heterocycles. The summed E-state index contributed by atoms with van der Waals surface area (Å²) in [4.78, 5) is 7.21. The van der Waals surface area contributed by atoms with Crippen molar-refractivity contribution in [3.05, 3.63) is 70.8 Å². The number of nitrogens with zero attached hydrogens (tertiary/aromatic N) is 4. The number of rotatable bonds is 6. The highest BCUT2D eigenvalue weighted by atomic mass is 79.9. The van der Waals surface area contributed by atoms with Gasteiger partial charge in [-0.05, 0) is 58.6 Å². The maximum absolute atomic E-state index is 10.3. The Labute approximate surface area is 235 Å². The van der Waals surface area contributed by atoms with E-state index in [1.165, 1.54) is 12.0 Å². The molecule has 0 unspecified atom stereocenters. The molecule has 1 aliphatic heterocycles. The van der Waals surface area contributed by atoms with Crippen LogP contribution in [-0.2, 0) is 6.54 Å². The Morgan fingerprint density at radius 3 is 2.45 bits per heavy atom. The molecule has 7 nitrogen and oxygen atoms in total. The smallest absolute Gasteiger partial charge is 0.172 e. The van der Waals surface area contributed by atoms with Gasteiger partial charge in [0.25, 0.3) is 0 Å². The van der Waals surface area contributed by atoms with Gasteiger partial charge in [-0.3, -0.25) is 4.90 Å². The monoisotopic (exact) mass is 581 g/mol. The number of phenols is 1. The molecular weight excluding hydrogens is 542 g/mol. The molecule has 204 valence electrons. The fourth-order valence-electron chi connectivity index (χ4n) is 4.34. The number of likely N-dealkylation sites (tertiary alicyclic amines) is 1. The molecular formula is C30H40BrN5O2. The lowest BCUT2D eigenvalue weighted by Gasteiger charge is -2.33. The van der Waals surface area contributed by atoms with Crippen LogP contribution in [-0.4, -0.2) is 50.8 Å². The van der Waals surface area contributed by atoms with Crippen LogP contribution in [0.3, 0.4) is 0 Å². The third-order valence-electron chi connectivity index (χ3n) is 6.09. The lowest BCUT2D eigenvalue weighted by atomic mass is 10.0. The largest absolute Gasteiger partial charge is 0.507 e. The number of para-hydroxylation sites is 1. The maximum Gasteiger partial charge on any atom is 0.172 e. The standard InChI is InChI=1S/C25H26BrN5O2.C3H8.C2H6/c1-33-19-6-4-5-17(13-19)16-30-11-9-18(10-12-30)28-24-14-22(20-7-2-3-8-23(20)32)29-25-21(26)15-27-31(24)25;1-3-2;1-2/h2-8,13-15,18,28,32H,9-12,16H2,1H3;3H2,1-2H3;1-2H3. The Morgan fingerprint density at radius 2 is 1.76 bits per heavy atom. The second kappa shape index (κ2) is 14.7. The molecule has 0 aliphatic carbocycles. The van der Waals surface area contributed by atoms with Crippen LogP contribution < -0.4 is 10.1 Å². The number of aromatic hydroxyl groups is 1. The van der Waals surface area contributed by atoms with E-state index in [1.807, 2.05) is 54.8 Å². The number of benzene rings is 2. The molecule has 2 aromatic heterocycles. The Hall–Kier alpha value is -3.10. The molecule has 0 saturated carbocycles. The van der Waals surface area contributed by atoms with E-state index >= 15 is 0 Å². The number of halogens is 1. The van der Waals surface area contributed by atoms with E-state index in [4.69, 9.17) is 9.72 Å². The van der Waals surface area contributed by atoms with Crippen LogP contribution in [0.25, 0.3) is 16.9 Å². The number of piperidine rings is 1. The van der Waals surface area contributed by atoms with Crippen LogP contribution in [0.1, 0.15) is 52.5 Å². The molecule has 4 aromatic rings. The van der Waals surface area contributed by atoms with Gasteiger partial charge < -0.3 is 15.2 Å². The number of aromatic nitrogens is 3. The van der Waals surface area contributed by atoms with Gasteiger partial charge >= 0.3 is 0 Å². The number of methoxy groups -OCH3 is 1. The normalized spacial score (nSPS) is 13.7. The molecule has 0 amide bonds. The van der Waals surface area contributed by atoms with Crippen molar-refractivity contribution in [2.24, 2.45) is 0 Å². The van der Waals surface area contributed by atoms with E-state index in [0.717, 1.165) is 48.5 Å². The van der Waals surface area contributed by atoms with Crippen molar-refractivity contribution in [1.29, 1.82) is 0 Å². The summed E-state index contributed by atoms with van der Waals surface area (Å²) in [5, 5.41) is 18.5. The first kappa shape index (κ1) is 29.5. The maximum atomic E-state index is 10.3. The van der Waals surface area contributed by atoms with Gasteiger partial charge in [0.05, 0.1) is 23.5 Å². The predicted molar refractivity (Wildman–Crippen MR) is 160 cm³/mol. The number of nitrogens with one attached hydrogen (secondary N) is 1. The van der Waals surface area contributed by atoms with Crippen molar-refractivity contribution in [2.45, 2.75) is 59.5 Å². The summed E-state index contributed by atoms with van der Waals surface area (Å²) in [7, 11) is 1.70. The van der Waals surface area contributed by atoms with Crippen molar-refractivity contribution in [3.63, 3.8) is 0 Å². The molecule has 2 N–H and O–H groups in total. The van der Waals surface area contributed by atoms with E-state index in [0.29, 0.717) is 22.9 Å². The molecule has 2 aromatic carbocycles. The topological polar surface area (TPSA) is 74.9 Å². The Morgan fingerprint density at radius 1 is 1.05 bits per heavy atom. The summed E-state index contributed by atoms with van der Waals surface area (Å²) < 4.78 is 7.98. The molecule has 0 bridgehead atoms. The van der Waals surface area contributed by atoms with Crippen LogP contribution in [0.15, 0.2) is 65.3 Å². The zero-order valence-corrected chi connectivity index (χ0v) is 24.7. The molecule has 0 atom stereocenters. The van der Waals surface area contributed by atoms with E-state index < -0.39 is 0 Å². The Kier molecular flexibility index (Phi) is 11.4. The van der Waals surface area contributed by atoms with Crippen molar-refractivity contribution in [1.82, 2.24) is 19.5 Å². The third kappa shape index (κ3) is 7.48. The number of hydrogen-bond donors (Lipinski definition) is 2. The van der Waals surface area contributed by atoms with E-state index in [9.17, 15) is 5.11 Å². The second-order valence-electron chi connectivity index (χ2n) is 9.03. The van der Waals surface area contributed by atoms with Gasteiger partial charge in [-0.1, -0.05) is 58.4 Å². The first-order valence-electron chi connectivity index (χ1n) is 13.5. The van der Waals surface area contributed by atoms with E-state index in [1.54, 1.807) is 19.4 Å². The van der Waals surface area contributed by atoms with Gasteiger partial charge in [0, 0.05) is 37.3 Å². The number of ether oxygens (including phenoxy) is 1. The van der Waals surface area contributed by atoms with Gasteiger partial charge in [-0.25, -0.2) is 4.98 Å². The van der Waals surface area contributed by atoms with Crippen LogP contribution in [0.4, 0.5) is 5.82 Å². The summed E-state index contributed by atoms with van der Waals surface area (Å²) in [6, 6.07) is 17.8. The van der Waals surface area contributed by atoms with E-state index in [-0.39, 0.29) is 5.75 Å². The average Bonchev–Trinajstić information content (AvgIpc) is 3.32. The lowest BCUT2D eigenvalue weighted by Crippen LogP contribution is -2.39. The van der Waals surface area contributed by atoms with Gasteiger partial charge in [0.1, 0.15) is 17.3 Å². The van der Waals surface area contributed by atoms with Crippen LogP contribution in [0, 0.1) is 0 Å². The van der Waals surface area contributed by atoms with Crippen molar-refractivity contribution in [2.75, 3.05) is 25.5 Å². The molecule has 1 fully saturated rings. The predicted octanol–water partition coefficient (Wildman–Crippen LogP) is 7.39. The van der Waals surface area contributed by atoms with Crippen LogP contribution in [0.2, 0.25) is 0 Å². The quantitative estimate of drug-likeness (QED) is 0.247. The first-order valence-corrected chi connectivity index (χ1v) is 14.3. The van der Waals surface area contributed by atoms with Crippen LogP contribution in [0.5, 0.6) is 11.5 Å². The van der Waals surface area contributed by atoms with Gasteiger partial charge in [0.15, 0.2) is 5.65 Å². The fourth-order valence-corrected chi connectivity index (χ4v) is 4.69. The minimum atomic E-state index is 0.210. The highest BCUT2D eigenvalue weighted by Gasteiger charge is 2.21. The van der Waals surface area contributed by atoms with Crippen molar-refractivity contribution >= 4 is 27.4 Å². The zero-order valence-electron chi connectivity index (χ0n) is 23.1. The molecule has 38 heavy (non-hydrogen) atoms. The first-order chi connectivity index (χ1) is 18.5. The van der Waals surface area contributed by atoms with E-state index in [2.05, 4.69) is 57.2 Å². The molecule has 1 aliphatic rings. The molecule has 0 radical (unpaired) electrons. The summed E-state index contributed by atoms with van der Waals surface area (Å²) in [6.45, 7) is 11.2. The minimum absolute atomic E-state index is 0.210. The molecule has 8 heteroatoms. The number of phenolic OH excluding ortho intramolecular Hbond substituents is 1. The lowest BCUT2D eigenvalue weighted by molar-refractivity contribution is 0.211. The summed E-state index contributed by atoms with van der Waals surface area (Å²) in [5.41, 5.74) is 3.39. The fraction of sp³-hybridized carbons (Fsp3) is 0.400. The summed E-state index contributed by atoms with van der Waals surface area (Å²) in [5.74, 6) is 1.98. The van der Waals surface area contributed by atoms with Crippen molar-refractivity contribution < 1.29 is 9.84 Å².